The molecule has 0 spiro atoms. The van der Waals surface area contributed by atoms with Crippen molar-refractivity contribution < 1.29 is 13.6 Å². The van der Waals surface area contributed by atoms with Crippen LogP contribution in [0.1, 0.15) is 32.6 Å². The molecule has 1 amide bonds. The highest BCUT2D eigenvalue weighted by molar-refractivity contribution is 5.81. The number of rotatable bonds is 2. The number of benzene rings is 2. The van der Waals surface area contributed by atoms with E-state index in [-0.39, 0.29) is 5.56 Å². The van der Waals surface area contributed by atoms with Gasteiger partial charge in [0.15, 0.2) is 0 Å². The van der Waals surface area contributed by atoms with Gasteiger partial charge >= 0.3 is 0 Å². The topological polar surface area (TPSA) is 20.3 Å². The summed E-state index contributed by atoms with van der Waals surface area (Å²) >= 11 is 0. The summed E-state index contributed by atoms with van der Waals surface area (Å²) in [6, 6.07) is 12.5. The van der Waals surface area contributed by atoms with Gasteiger partial charge in [-0.25, -0.2) is 8.78 Å². The maximum absolute atomic E-state index is 13.3. The van der Waals surface area contributed by atoms with Gasteiger partial charge in [0.05, 0.1) is 5.56 Å². The van der Waals surface area contributed by atoms with E-state index >= 15 is 0 Å². The molecule has 0 unspecified atom stereocenters. The van der Waals surface area contributed by atoms with Gasteiger partial charge in [-0.05, 0) is 49.3 Å². The van der Waals surface area contributed by atoms with Crippen molar-refractivity contribution in [2.24, 2.45) is 11.8 Å². The van der Waals surface area contributed by atoms with Crippen LogP contribution in [0.2, 0.25) is 0 Å². The second kappa shape index (κ2) is 8.43. The minimum atomic E-state index is -0.531. The Labute approximate surface area is 153 Å². The Morgan fingerprint density at radius 3 is 2.19 bits per heavy atom. The zero-order valence-corrected chi connectivity index (χ0v) is 15.1. The zero-order chi connectivity index (χ0) is 18.5. The Morgan fingerprint density at radius 1 is 0.962 bits per heavy atom. The molecular formula is C22H25F2NO. The van der Waals surface area contributed by atoms with E-state index in [1.165, 1.54) is 31.0 Å². The summed E-state index contributed by atoms with van der Waals surface area (Å²) in [7, 11) is 0. The molecule has 26 heavy (non-hydrogen) atoms. The minimum absolute atomic E-state index is 0.0353. The second-order valence-electron chi connectivity index (χ2n) is 7.27. The monoisotopic (exact) mass is 357 g/mol. The number of nitrogens with zero attached hydrogens (tertiary/aromatic N) is 1. The first-order valence-corrected chi connectivity index (χ1v) is 9.34. The quantitative estimate of drug-likeness (QED) is 0.715. The molecule has 4 rings (SSSR count). The van der Waals surface area contributed by atoms with E-state index in [9.17, 15) is 13.6 Å². The van der Waals surface area contributed by atoms with Crippen LogP contribution in [0.5, 0.6) is 0 Å². The lowest BCUT2D eigenvalue weighted by atomic mass is 10.00. The molecule has 0 bridgehead atoms. The lowest BCUT2D eigenvalue weighted by Crippen LogP contribution is -2.39. The molecule has 0 aromatic heterocycles. The van der Waals surface area contributed by atoms with Crippen molar-refractivity contribution in [1.29, 1.82) is 0 Å². The first kappa shape index (κ1) is 18.6. The smallest absolute Gasteiger partial charge is 0.225 e. The van der Waals surface area contributed by atoms with Gasteiger partial charge in [0.25, 0.3) is 0 Å². The van der Waals surface area contributed by atoms with Crippen molar-refractivity contribution in [3.05, 3.63) is 60.2 Å². The predicted octanol–water partition coefficient (Wildman–Crippen LogP) is 5.29. The first-order valence-electron chi connectivity index (χ1n) is 9.34. The first-order chi connectivity index (χ1) is 12.6. The number of carbonyl (C=O) groups excluding carboxylic acids is 1. The average molecular weight is 357 g/mol. The van der Waals surface area contributed by atoms with Gasteiger partial charge in [0.1, 0.15) is 11.6 Å². The third-order valence-corrected chi connectivity index (χ3v) is 4.92. The number of halogens is 2. The average Bonchev–Trinajstić information content (AvgIpc) is 3.48. The maximum Gasteiger partial charge on any atom is 0.225 e. The lowest BCUT2D eigenvalue weighted by molar-refractivity contribution is -0.134. The van der Waals surface area contributed by atoms with E-state index in [1.807, 2.05) is 6.07 Å². The fourth-order valence-corrected chi connectivity index (χ4v) is 3.36. The molecule has 1 heterocycles. The Balaban J connectivity index is 0.000000152. The number of piperidine rings is 1. The zero-order valence-electron chi connectivity index (χ0n) is 15.1. The molecule has 1 saturated carbocycles. The summed E-state index contributed by atoms with van der Waals surface area (Å²) in [5, 5.41) is 0. The van der Waals surface area contributed by atoms with Crippen molar-refractivity contribution in [2.45, 2.75) is 32.6 Å². The summed E-state index contributed by atoms with van der Waals surface area (Å²) in [6.45, 7) is 4.27. The molecule has 2 fully saturated rings. The van der Waals surface area contributed by atoms with Crippen molar-refractivity contribution in [3.63, 3.8) is 0 Å². The van der Waals surface area contributed by atoms with Crippen LogP contribution in [-0.2, 0) is 4.79 Å². The summed E-state index contributed by atoms with van der Waals surface area (Å²) in [6.07, 6.45) is 4.79. The van der Waals surface area contributed by atoms with E-state index in [2.05, 4.69) is 11.8 Å². The Hall–Kier alpha value is -2.23. The largest absolute Gasteiger partial charge is 0.342 e. The van der Waals surface area contributed by atoms with E-state index in [0.29, 0.717) is 17.4 Å². The molecule has 2 aliphatic rings. The highest BCUT2D eigenvalue weighted by atomic mass is 19.1. The number of hydrogen-bond donors (Lipinski definition) is 0. The summed E-state index contributed by atoms with van der Waals surface area (Å²) in [5.74, 6) is 0.505. The van der Waals surface area contributed by atoms with Crippen LogP contribution >= 0.6 is 0 Å². The van der Waals surface area contributed by atoms with Crippen molar-refractivity contribution in [3.8, 4) is 11.1 Å². The van der Waals surface area contributed by atoms with Crippen molar-refractivity contribution >= 4 is 5.91 Å². The molecule has 0 N–H and O–H groups in total. The Morgan fingerprint density at radius 2 is 1.62 bits per heavy atom. The van der Waals surface area contributed by atoms with E-state index in [0.717, 1.165) is 31.8 Å². The third-order valence-electron chi connectivity index (χ3n) is 4.92. The van der Waals surface area contributed by atoms with Gasteiger partial charge < -0.3 is 4.90 Å². The molecular weight excluding hydrogens is 332 g/mol. The van der Waals surface area contributed by atoms with Gasteiger partial charge in [0.2, 0.25) is 5.91 Å². The third kappa shape index (κ3) is 4.69. The molecule has 1 aliphatic heterocycles. The molecule has 2 aromatic rings. The van der Waals surface area contributed by atoms with Crippen LogP contribution in [-0.4, -0.2) is 23.9 Å². The number of carbonyl (C=O) groups is 1. The highest BCUT2D eigenvalue weighted by Crippen LogP contribution is 2.32. The van der Waals surface area contributed by atoms with Crippen molar-refractivity contribution in [1.82, 2.24) is 4.90 Å². The van der Waals surface area contributed by atoms with Crippen LogP contribution in [0, 0.1) is 23.5 Å². The lowest BCUT2D eigenvalue weighted by Gasteiger charge is -2.31. The van der Waals surface area contributed by atoms with E-state index in [1.54, 1.807) is 24.3 Å². The minimum Gasteiger partial charge on any atom is -0.342 e. The summed E-state index contributed by atoms with van der Waals surface area (Å²) < 4.78 is 26.6. The van der Waals surface area contributed by atoms with Gasteiger partial charge in [-0.3, -0.25) is 4.79 Å². The van der Waals surface area contributed by atoms with Crippen LogP contribution in [0.15, 0.2) is 48.5 Å². The molecule has 2 nitrogen and oxygen atoms in total. The predicted molar refractivity (Wildman–Crippen MR) is 99.5 cm³/mol. The van der Waals surface area contributed by atoms with Gasteiger partial charge in [-0.2, -0.15) is 0 Å². The molecule has 1 atom stereocenters. The van der Waals surface area contributed by atoms with Crippen LogP contribution in [0.4, 0.5) is 8.78 Å². The van der Waals surface area contributed by atoms with Crippen LogP contribution < -0.4 is 0 Å². The van der Waals surface area contributed by atoms with Crippen LogP contribution in [0.3, 0.4) is 0 Å². The fourth-order valence-electron chi connectivity index (χ4n) is 3.36. The number of hydrogen-bond acceptors (Lipinski definition) is 1. The number of likely N-dealkylation sites (tertiary alicyclic amines) is 1. The normalized spacial score (nSPS) is 19.5. The summed E-state index contributed by atoms with van der Waals surface area (Å²) in [5.41, 5.74) is 0.594. The van der Waals surface area contributed by atoms with E-state index in [4.69, 9.17) is 0 Å². The van der Waals surface area contributed by atoms with E-state index < -0.39 is 11.6 Å². The fraction of sp³-hybridized carbons (Fsp3) is 0.409. The summed E-state index contributed by atoms with van der Waals surface area (Å²) in [4.78, 5) is 13.7. The highest BCUT2D eigenvalue weighted by Gasteiger charge is 2.34. The molecule has 2 aromatic carbocycles. The number of amides is 1. The van der Waals surface area contributed by atoms with Crippen molar-refractivity contribution in [2.75, 3.05) is 13.1 Å². The maximum atomic E-state index is 13.3. The SMILES string of the molecule is C[C@H]1CCCN(C(=O)C2CC2)C1.Fc1cccc(F)c1-c1ccccc1. The molecule has 0 radical (unpaired) electrons. The van der Waals surface area contributed by atoms with Crippen LogP contribution in [0.25, 0.3) is 11.1 Å². The van der Waals surface area contributed by atoms with Gasteiger partial charge in [-0.15, -0.1) is 0 Å². The molecule has 138 valence electrons. The molecule has 1 aliphatic carbocycles. The molecule has 4 heteroatoms. The molecule has 1 saturated heterocycles. The standard InChI is InChI=1S/C12H8F2.C10H17NO/c13-10-7-4-8-11(14)12(10)9-5-2-1-3-6-9;1-8-3-2-6-11(7-8)10(12)9-4-5-9/h1-8H;8-9H,2-7H2,1H3/t;8-/m.0/s1. The second-order valence-corrected chi connectivity index (χ2v) is 7.27. The Kier molecular flexibility index (Phi) is 6.02. The Bertz CT molecular complexity index is 723. The van der Waals surface area contributed by atoms with Gasteiger partial charge in [-0.1, -0.05) is 43.3 Å². The van der Waals surface area contributed by atoms with Gasteiger partial charge in [0, 0.05) is 19.0 Å².